The number of fused-ring (bicyclic) bond motifs is 1. The first kappa shape index (κ1) is 24.2. The van der Waals surface area contributed by atoms with Crippen LogP contribution in [0.15, 0.2) is 64.8 Å². The van der Waals surface area contributed by atoms with Gasteiger partial charge in [0.15, 0.2) is 11.5 Å². The highest BCUT2D eigenvalue weighted by Gasteiger charge is 2.17. The molecular weight excluding hydrogens is 464 g/mol. The van der Waals surface area contributed by atoms with E-state index in [2.05, 4.69) is 15.5 Å². The largest absolute Gasteiger partial charge is 0.493 e. The lowest BCUT2D eigenvalue weighted by molar-refractivity contribution is -0.121. The summed E-state index contributed by atoms with van der Waals surface area (Å²) in [6.45, 7) is 5.64. The molecule has 0 aliphatic carbocycles. The first-order valence-electron chi connectivity index (χ1n) is 11.1. The number of nitrogens with one attached hydrogen (secondary N) is 1. The van der Waals surface area contributed by atoms with Crippen LogP contribution in [0, 0.1) is 6.92 Å². The Labute approximate surface area is 206 Å². The second-order valence-electron chi connectivity index (χ2n) is 8.13. The normalized spacial score (nSPS) is 11.3. The predicted molar refractivity (Wildman–Crippen MR) is 139 cm³/mol. The summed E-state index contributed by atoms with van der Waals surface area (Å²) in [6.07, 6.45) is 2.91. The van der Waals surface area contributed by atoms with Gasteiger partial charge in [0.05, 0.1) is 31.1 Å². The summed E-state index contributed by atoms with van der Waals surface area (Å²) in [4.78, 5) is 31.8. The van der Waals surface area contributed by atoms with Crippen molar-refractivity contribution in [3.05, 3.63) is 75.7 Å². The highest BCUT2D eigenvalue weighted by atomic mass is 32.1. The smallest absolute Gasteiger partial charge is 0.263 e. The molecular formula is C26H26N4O4S. The topological polar surface area (TPSA) is 94.8 Å². The Bertz CT molecular complexity index is 1440. The Morgan fingerprint density at radius 2 is 1.97 bits per heavy atom. The fraction of sp³-hybridized carbons (Fsp3) is 0.231. The molecule has 1 N–H and O–H groups in total. The van der Waals surface area contributed by atoms with Crippen molar-refractivity contribution in [2.45, 2.75) is 33.4 Å². The van der Waals surface area contributed by atoms with Crippen LogP contribution in [0.4, 0.5) is 0 Å². The van der Waals surface area contributed by atoms with Crippen LogP contribution in [0.3, 0.4) is 0 Å². The van der Waals surface area contributed by atoms with E-state index >= 15 is 0 Å². The second kappa shape index (κ2) is 10.5. The number of hydrazone groups is 1. The predicted octanol–water partition coefficient (Wildman–Crippen LogP) is 4.38. The van der Waals surface area contributed by atoms with Gasteiger partial charge in [0, 0.05) is 10.4 Å². The first-order chi connectivity index (χ1) is 16.9. The number of hydrogen-bond acceptors (Lipinski definition) is 7. The third-order valence-electron chi connectivity index (χ3n) is 5.18. The number of aryl methyl sites for hydroxylation is 1. The van der Waals surface area contributed by atoms with Crippen molar-refractivity contribution in [2.75, 3.05) is 7.11 Å². The maximum absolute atomic E-state index is 13.2. The molecule has 9 heteroatoms. The van der Waals surface area contributed by atoms with Crippen molar-refractivity contribution in [2.24, 2.45) is 5.10 Å². The van der Waals surface area contributed by atoms with E-state index in [4.69, 9.17) is 9.47 Å². The molecule has 0 spiro atoms. The molecule has 0 aliphatic rings. The van der Waals surface area contributed by atoms with Crippen LogP contribution in [-0.2, 0) is 11.3 Å². The molecule has 35 heavy (non-hydrogen) atoms. The van der Waals surface area contributed by atoms with Crippen LogP contribution in [0.1, 0.15) is 24.3 Å². The minimum Gasteiger partial charge on any atom is -0.493 e. The number of benzene rings is 2. The van der Waals surface area contributed by atoms with Gasteiger partial charge in [0.2, 0.25) is 0 Å². The van der Waals surface area contributed by atoms with Crippen LogP contribution in [-0.4, -0.2) is 34.9 Å². The fourth-order valence-corrected chi connectivity index (χ4v) is 4.69. The summed E-state index contributed by atoms with van der Waals surface area (Å²) in [5.74, 6) is 0.758. The van der Waals surface area contributed by atoms with E-state index < -0.39 is 5.91 Å². The highest BCUT2D eigenvalue weighted by molar-refractivity contribution is 7.19. The van der Waals surface area contributed by atoms with E-state index in [1.807, 2.05) is 57.2 Å². The lowest BCUT2D eigenvalue weighted by Gasteiger charge is -2.13. The molecule has 0 bridgehead atoms. The van der Waals surface area contributed by atoms with Gasteiger partial charge >= 0.3 is 0 Å². The van der Waals surface area contributed by atoms with Crippen LogP contribution in [0.25, 0.3) is 21.3 Å². The molecule has 0 fully saturated rings. The van der Waals surface area contributed by atoms with Gasteiger partial charge in [-0.05, 0) is 50.1 Å². The summed E-state index contributed by atoms with van der Waals surface area (Å²) in [7, 11) is 1.56. The zero-order valence-corrected chi connectivity index (χ0v) is 20.8. The first-order valence-corrected chi connectivity index (χ1v) is 11.9. The van der Waals surface area contributed by atoms with E-state index in [9.17, 15) is 9.59 Å². The maximum atomic E-state index is 13.2. The molecule has 2 heterocycles. The molecule has 180 valence electrons. The summed E-state index contributed by atoms with van der Waals surface area (Å²) >= 11 is 1.47. The van der Waals surface area contributed by atoms with Gasteiger partial charge in [-0.1, -0.05) is 30.3 Å². The van der Waals surface area contributed by atoms with Crippen molar-refractivity contribution in [3.63, 3.8) is 0 Å². The number of rotatable bonds is 8. The molecule has 1 amide bonds. The molecule has 0 saturated carbocycles. The molecule has 4 aromatic rings. The number of thiophene rings is 1. The average Bonchev–Trinajstić information content (AvgIpc) is 3.18. The van der Waals surface area contributed by atoms with Crippen LogP contribution >= 0.6 is 11.3 Å². The van der Waals surface area contributed by atoms with E-state index in [-0.39, 0.29) is 18.2 Å². The Kier molecular flexibility index (Phi) is 7.26. The zero-order chi connectivity index (χ0) is 24.9. The summed E-state index contributed by atoms with van der Waals surface area (Å²) in [6, 6.07) is 15.1. The molecule has 4 rings (SSSR count). The van der Waals surface area contributed by atoms with Gasteiger partial charge in [-0.2, -0.15) is 5.10 Å². The van der Waals surface area contributed by atoms with Crippen molar-refractivity contribution in [1.82, 2.24) is 15.0 Å². The number of carbonyl (C=O) groups excluding carboxylic acids is 1. The molecule has 2 aromatic carbocycles. The van der Waals surface area contributed by atoms with E-state index in [0.29, 0.717) is 21.7 Å². The van der Waals surface area contributed by atoms with Gasteiger partial charge < -0.3 is 9.47 Å². The zero-order valence-electron chi connectivity index (χ0n) is 19.9. The average molecular weight is 491 g/mol. The Morgan fingerprint density at radius 3 is 2.69 bits per heavy atom. The summed E-state index contributed by atoms with van der Waals surface area (Å²) in [5.41, 5.74) is 4.73. The molecule has 8 nitrogen and oxygen atoms in total. The minimum atomic E-state index is -0.440. The highest BCUT2D eigenvalue weighted by Crippen LogP contribution is 2.35. The molecule has 0 unspecified atom stereocenters. The van der Waals surface area contributed by atoms with Crippen molar-refractivity contribution in [1.29, 1.82) is 0 Å². The quantitative estimate of drug-likeness (QED) is 0.292. The number of methoxy groups -OCH3 is 1. The van der Waals surface area contributed by atoms with Crippen molar-refractivity contribution < 1.29 is 14.3 Å². The van der Waals surface area contributed by atoms with E-state index in [1.54, 1.807) is 19.2 Å². The van der Waals surface area contributed by atoms with Gasteiger partial charge in [-0.25, -0.2) is 10.4 Å². The monoisotopic (exact) mass is 490 g/mol. The summed E-state index contributed by atoms with van der Waals surface area (Å²) in [5, 5.41) is 4.53. The number of ether oxygens (including phenoxy) is 2. The second-order valence-corrected chi connectivity index (χ2v) is 9.33. The Morgan fingerprint density at radius 1 is 1.20 bits per heavy atom. The third-order valence-corrected chi connectivity index (χ3v) is 6.20. The van der Waals surface area contributed by atoms with Gasteiger partial charge in [-0.15, -0.1) is 11.3 Å². The number of hydrogen-bond donors (Lipinski definition) is 1. The number of amides is 1. The lowest BCUT2D eigenvalue weighted by Crippen LogP contribution is -2.30. The SMILES string of the molecule is COc1cc(/C=N\NC(=O)Cn2cnc3sc(C)c(-c4ccccc4)c3c2=O)ccc1OC(C)C. The fourth-order valence-electron chi connectivity index (χ4n) is 3.69. The lowest BCUT2D eigenvalue weighted by atomic mass is 10.0. The Balaban J connectivity index is 1.50. The van der Waals surface area contributed by atoms with Crippen LogP contribution in [0.5, 0.6) is 11.5 Å². The summed E-state index contributed by atoms with van der Waals surface area (Å²) < 4.78 is 12.4. The van der Waals surface area contributed by atoms with Gasteiger partial charge in [-0.3, -0.25) is 14.2 Å². The number of nitrogens with zero attached hydrogens (tertiary/aromatic N) is 3. The van der Waals surface area contributed by atoms with Gasteiger partial charge in [0.25, 0.3) is 11.5 Å². The standard InChI is InChI=1S/C26H26N4O4S/c1-16(2)34-20-11-10-18(12-21(20)33-4)13-28-29-22(31)14-30-15-27-25-24(26(30)32)23(17(3)35-25)19-8-6-5-7-9-19/h5-13,15-16H,14H2,1-4H3,(H,29,31)/b28-13-. The molecule has 0 radical (unpaired) electrons. The van der Waals surface area contributed by atoms with Crippen LogP contribution in [0.2, 0.25) is 0 Å². The van der Waals surface area contributed by atoms with E-state index in [1.165, 1.54) is 28.4 Å². The van der Waals surface area contributed by atoms with Crippen LogP contribution < -0.4 is 20.5 Å². The van der Waals surface area contributed by atoms with Crippen molar-refractivity contribution >= 4 is 33.7 Å². The Hall–Kier alpha value is -3.98. The van der Waals surface area contributed by atoms with E-state index in [0.717, 1.165) is 21.6 Å². The molecule has 0 atom stereocenters. The number of carbonyl (C=O) groups is 1. The molecule has 0 saturated heterocycles. The minimum absolute atomic E-state index is 0.0154. The maximum Gasteiger partial charge on any atom is 0.263 e. The third kappa shape index (κ3) is 5.41. The number of aromatic nitrogens is 2. The molecule has 0 aliphatic heterocycles. The van der Waals surface area contributed by atoms with Gasteiger partial charge in [0.1, 0.15) is 11.4 Å². The van der Waals surface area contributed by atoms with Crippen molar-refractivity contribution in [3.8, 4) is 22.6 Å². The molecule has 2 aromatic heterocycles.